The first-order valence-electron chi connectivity index (χ1n) is 4.60. The fraction of sp³-hybridized carbons (Fsp3) is 0.375. The van der Waals surface area contributed by atoms with Crippen LogP contribution in [0.2, 0.25) is 0 Å². The van der Waals surface area contributed by atoms with E-state index >= 15 is 0 Å². The Kier molecular flexibility index (Phi) is 2.52. The SMILES string of the molecule is Cn1cnnc1Nc1cc(C(F)(F)F)nn1C. The monoisotopic (exact) mass is 246 g/mol. The number of alkyl halides is 3. The van der Waals surface area contributed by atoms with Gasteiger partial charge in [0.15, 0.2) is 5.69 Å². The maximum absolute atomic E-state index is 12.4. The van der Waals surface area contributed by atoms with Gasteiger partial charge in [-0.3, -0.25) is 4.68 Å². The molecule has 1 N–H and O–H groups in total. The molecule has 0 aliphatic carbocycles. The topological polar surface area (TPSA) is 60.6 Å². The van der Waals surface area contributed by atoms with Crippen LogP contribution >= 0.6 is 0 Å². The molecule has 2 aromatic rings. The fourth-order valence-corrected chi connectivity index (χ4v) is 1.23. The smallest absolute Gasteiger partial charge is 0.309 e. The Balaban J connectivity index is 2.29. The van der Waals surface area contributed by atoms with Gasteiger partial charge in [0.25, 0.3) is 0 Å². The molecule has 0 saturated heterocycles. The van der Waals surface area contributed by atoms with Crippen LogP contribution in [0.5, 0.6) is 0 Å². The maximum atomic E-state index is 12.4. The summed E-state index contributed by atoms with van der Waals surface area (Å²) in [7, 11) is 3.08. The Morgan fingerprint density at radius 3 is 2.47 bits per heavy atom. The second kappa shape index (κ2) is 3.75. The van der Waals surface area contributed by atoms with E-state index in [1.54, 1.807) is 11.6 Å². The first kappa shape index (κ1) is 11.4. The van der Waals surface area contributed by atoms with Crippen molar-refractivity contribution in [2.24, 2.45) is 14.1 Å². The van der Waals surface area contributed by atoms with Crippen LogP contribution in [0.3, 0.4) is 0 Å². The van der Waals surface area contributed by atoms with Gasteiger partial charge in [-0.2, -0.15) is 18.3 Å². The first-order chi connectivity index (χ1) is 7.88. The van der Waals surface area contributed by atoms with Gasteiger partial charge in [-0.25, -0.2) is 0 Å². The summed E-state index contributed by atoms with van der Waals surface area (Å²) in [5, 5.41) is 13.4. The van der Waals surface area contributed by atoms with Crippen LogP contribution < -0.4 is 5.32 Å². The number of aryl methyl sites for hydroxylation is 2. The van der Waals surface area contributed by atoms with Crippen molar-refractivity contribution in [3.8, 4) is 0 Å². The van der Waals surface area contributed by atoms with Crippen molar-refractivity contribution in [3.05, 3.63) is 18.1 Å². The summed E-state index contributed by atoms with van der Waals surface area (Å²) >= 11 is 0. The third-order valence-corrected chi connectivity index (χ3v) is 2.12. The minimum Gasteiger partial charge on any atom is -0.309 e. The highest BCUT2D eigenvalue weighted by Gasteiger charge is 2.34. The lowest BCUT2D eigenvalue weighted by Crippen LogP contribution is -2.06. The van der Waals surface area contributed by atoms with E-state index < -0.39 is 11.9 Å². The van der Waals surface area contributed by atoms with E-state index in [-0.39, 0.29) is 5.82 Å². The van der Waals surface area contributed by atoms with Crippen molar-refractivity contribution in [1.82, 2.24) is 24.5 Å². The number of halogens is 3. The maximum Gasteiger partial charge on any atom is 0.435 e. The lowest BCUT2D eigenvalue weighted by atomic mass is 10.4. The fourth-order valence-electron chi connectivity index (χ4n) is 1.23. The number of hydrogen-bond donors (Lipinski definition) is 1. The standard InChI is InChI=1S/C8H9F3N6/c1-16-4-12-14-7(16)13-6-3-5(8(9,10)11)15-17(6)2/h3-4H,1-2H3,(H,13,14). The van der Waals surface area contributed by atoms with Crippen LogP contribution in [0, 0.1) is 0 Å². The molecule has 2 aromatic heterocycles. The van der Waals surface area contributed by atoms with Gasteiger partial charge in [0, 0.05) is 20.2 Å². The summed E-state index contributed by atoms with van der Waals surface area (Å²) in [5.74, 6) is 0.523. The van der Waals surface area contributed by atoms with Gasteiger partial charge in [-0.1, -0.05) is 0 Å². The van der Waals surface area contributed by atoms with Crippen molar-refractivity contribution >= 4 is 11.8 Å². The predicted octanol–water partition coefficient (Wildman–Crippen LogP) is 1.31. The van der Waals surface area contributed by atoms with Crippen LogP contribution in [-0.4, -0.2) is 24.5 Å². The molecule has 0 aliphatic heterocycles. The van der Waals surface area contributed by atoms with Gasteiger partial charge in [-0.15, -0.1) is 10.2 Å². The molecule has 0 spiro atoms. The van der Waals surface area contributed by atoms with E-state index in [1.165, 1.54) is 13.4 Å². The minimum absolute atomic E-state index is 0.188. The average Bonchev–Trinajstić information content (AvgIpc) is 2.75. The Hall–Kier alpha value is -2.06. The molecule has 6 nitrogen and oxygen atoms in total. The molecule has 17 heavy (non-hydrogen) atoms. The van der Waals surface area contributed by atoms with E-state index in [4.69, 9.17) is 0 Å². The number of rotatable bonds is 2. The van der Waals surface area contributed by atoms with Gasteiger partial charge in [0.05, 0.1) is 0 Å². The quantitative estimate of drug-likeness (QED) is 0.867. The number of aromatic nitrogens is 5. The van der Waals surface area contributed by atoms with Crippen molar-refractivity contribution in [2.75, 3.05) is 5.32 Å². The predicted molar refractivity (Wildman–Crippen MR) is 52.5 cm³/mol. The molecule has 92 valence electrons. The summed E-state index contributed by atoms with van der Waals surface area (Å²) in [6.45, 7) is 0. The summed E-state index contributed by atoms with van der Waals surface area (Å²) < 4.78 is 39.8. The lowest BCUT2D eigenvalue weighted by molar-refractivity contribution is -0.141. The van der Waals surface area contributed by atoms with Crippen LogP contribution in [-0.2, 0) is 20.3 Å². The molecule has 0 amide bonds. The lowest BCUT2D eigenvalue weighted by Gasteiger charge is -2.03. The molecule has 0 saturated carbocycles. The van der Waals surface area contributed by atoms with E-state index in [0.29, 0.717) is 5.95 Å². The summed E-state index contributed by atoms with van der Waals surface area (Å²) in [6.07, 6.45) is -3.03. The van der Waals surface area contributed by atoms with E-state index in [0.717, 1.165) is 10.7 Å². The summed E-state index contributed by atoms with van der Waals surface area (Å²) in [6, 6.07) is 0.911. The number of anilines is 2. The summed E-state index contributed by atoms with van der Waals surface area (Å²) in [5.41, 5.74) is -0.954. The average molecular weight is 246 g/mol. The molecule has 0 bridgehead atoms. The van der Waals surface area contributed by atoms with Crippen molar-refractivity contribution in [2.45, 2.75) is 6.18 Å². The number of nitrogens with one attached hydrogen (secondary N) is 1. The second-order valence-corrected chi connectivity index (χ2v) is 3.43. The minimum atomic E-state index is -4.46. The highest BCUT2D eigenvalue weighted by molar-refractivity contribution is 5.49. The zero-order valence-corrected chi connectivity index (χ0v) is 9.02. The Morgan fingerprint density at radius 1 is 1.29 bits per heavy atom. The third-order valence-electron chi connectivity index (χ3n) is 2.12. The molecule has 0 radical (unpaired) electrons. The molecular formula is C8H9F3N6. The van der Waals surface area contributed by atoms with E-state index in [2.05, 4.69) is 20.6 Å². The summed E-state index contributed by atoms with van der Waals surface area (Å²) in [4.78, 5) is 0. The molecule has 0 atom stereocenters. The first-order valence-corrected chi connectivity index (χ1v) is 4.60. The largest absolute Gasteiger partial charge is 0.435 e. The number of nitrogens with zero attached hydrogens (tertiary/aromatic N) is 5. The Bertz CT molecular complexity index is 526. The molecule has 0 aliphatic rings. The molecule has 2 heterocycles. The van der Waals surface area contributed by atoms with Crippen LogP contribution in [0.15, 0.2) is 12.4 Å². The van der Waals surface area contributed by atoms with Crippen LogP contribution in [0.1, 0.15) is 5.69 Å². The van der Waals surface area contributed by atoms with Gasteiger partial charge in [0.1, 0.15) is 12.1 Å². The Morgan fingerprint density at radius 2 is 2.00 bits per heavy atom. The molecular weight excluding hydrogens is 237 g/mol. The normalized spacial score (nSPS) is 11.8. The Labute approximate surface area is 94.1 Å². The van der Waals surface area contributed by atoms with E-state index in [1.807, 2.05) is 0 Å². The van der Waals surface area contributed by atoms with Gasteiger partial charge in [0.2, 0.25) is 5.95 Å². The van der Waals surface area contributed by atoms with Crippen molar-refractivity contribution in [1.29, 1.82) is 0 Å². The zero-order valence-electron chi connectivity index (χ0n) is 9.02. The van der Waals surface area contributed by atoms with Crippen LogP contribution in [0.4, 0.5) is 24.9 Å². The molecule has 0 fully saturated rings. The zero-order chi connectivity index (χ0) is 12.6. The second-order valence-electron chi connectivity index (χ2n) is 3.43. The van der Waals surface area contributed by atoms with Gasteiger partial charge < -0.3 is 9.88 Å². The van der Waals surface area contributed by atoms with Gasteiger partial charge in [-0.05, 0) is 0 Å². The van der Waals surface area contributed by atoms with Gasteiger partial charge >= 0.3 is 6.18 Å². The molecule has 9 heteroatoms. The van der Waals surface area contributed by atoms with E-state index in [9.17, 15) is 13.2 Å². The highest BCUT2D eigenvalue weighted by atomic mass is 19.4. The molecule has 0 aromatic carbocycles. The third kappa shape index (κ3) is 2.22. The highest BCUT2D eigenvalue weighted by Crippen LogP contribution is 2.30. The van der Waals surface area contributed by atoms with Crippen molar-refractivity contribution < 1.29 is 13.2 Å². The molecule has 0 unspecified atom stereocenters. The van der Waals surface area contributed by atoms with Crippen LogP contribution in [0.25, 0.3) is 0 Å². The van der Waals surface area contributed by atoms with Crippen molar-refractivity contribution in [3.63, 3.8) is 0 Å². The number of hydrogen-bond acceptors (Lipinski definition) is 4. The molecule has 2 rings (SSSR count).